The van der Waals surface area contributed by atoms with Crippen LogP contribution in [0.1, 0.15) is 33.1 Å². The van der Waals surface area contributed by atoms with Crippen LogP contribution in [0.25, 0.3) is 0 Å². The first-order valence-corrected chi connectivity index (χ1v) is 10.4. The van der Waals surface area contributed by atoms with Crippen molar-refractivity contribution in [3.05, 3.63) is 0 Å². The van der Waals surface area contributed by atoms with Gasteiger partial charge in [0.05, 0.1) is 13.2 Å². The van der Waals surface area contributed by atoms with Gasteiger partial charge in [-0.3, -0.25) is 0 Å². The van der Waals surface area contributed by atoms with Crippen molar-refractivity contribution in [3.8, 4) is 0 Å². The largest absolute Gasteiger partial charge is 0.322 e. The van der Waals surface area contributed by atoms with Gasteiger partial charge in [0.2, 0.25) is 5.69 Å². The number of hydrogen-bond acceptors (Lipinski definition) is 4. The van der Waals surface area contributed by atoms with Gasteiger partial charge in [0.15, 0.2) is 0 Å². The maximum absolute atomic E-state index is 5.63. The van der Waals surface area contributed by atoms with E-state index in [1.165, 1.54) is 19.3 Å². The molecule has 0 bridgehead atoms. The van der Waals surface area contributed by atoms with Gasteiger partial charge < -0.3 is 9.05 Å². The number of rotatable bonds is 6. The molecule has 1 saturated carbocycles. The van der Waals surface area contributed by atoms with E-state index in [0.29, 0.717) is 23.3 Å². The molecule has 15 heavy (non-hydrogen) atoms. The van der Waals surface area contributed by atoms with E-state index in [1.54, 1.807) is 11.4 Å². The zero-order valence-electron chi connectivity index (χ0n) is 9.15. The Kier molecular flexibility index (Phi) is 6.72. The fraction of sp³-hybridized carbons (Fsp3) is 1.00. The molecule has 0 aliphatic heterocycles. The first-order valence-electron chi connectivity index (χ1n) is 5.33. The van der Waals surface area contributed by atoms with E-state index in [9.17, 15) is 0 Å². The molecular weight excluding hydrogens is 315 g/mol. The molecule has 0 spiro atoms. The Morgan fingerprint density at radius 3 is 2.33 bits per heavy atom. The molecule has 0 aromatic rings. The molecule has 2 nitrogen and oxygen atoms in total. The van der Waals surface area contributed by atoms with Crippen LogP contribution in [-0.4, -0.2) is 23.3 Å². The molecule has 90 valence electrons. The molecule has 1 aliphatic carbocycles. The normalized spacial score (nSPS) is 27.1. The highest BCUT2D eigenvalue weighted by molar-refractivity contribution is 9.09. The molecule has 0 aromatic carbocycles. The minimum atomic E-state index is -2.09. The third-order valence-corrected chi connectivity index (χ3v) is 9.53. The van der Waals surface area contributed by atoms with Crippen LogP contribution in [0.3, 0.4) is 0 Å². The minimum absolute atomic E-state index is 0.564. The van der Waals surface area contributed by atoms with E-state index in [4.69, 9.17) is 20.9 Å². The summed E-state index contributed by atoms with van der Waals surface area (Å²) in [5.41, 5.74) is -2.09. The third-order valence-electron chi connectivity index (χ3n) is 2.21. The first-order chi connectivity index (χ1) is 7.11. The average Bonchev–Trinajstić information content (AvgIpc) is 2.52. The number of halogens is 1. The SMILES string of the molecule is CCOP(=S)(OCC)S[C@H]1CCC[C@H]1Br. The lowest BCUT2D eigenvalue weighted by Crippen LogP contribution is -2.09. The van der Waals surface area contributed by atoms with Crippen LogP contribution in [0.2, 0.25) is 0 Å². The van der Waals surface area contributed by atoms with E-state index in [0.717, 1.165) is 0 Å². The summed E-state index contributed by atoms with van der Waals surface area (Å²) in [6, 6.07) is 0. The summed E-state index contributed by atoms with van der Waals surface area (Å²) in [7, 11) is 0. The first kappa shape index (κ1) is 14.5. The molecule has 0 aromatic heterocycles. The number of hydrogen-bond donors (Lipinski definition) is 0. The highest BCUT2D eigenvalue weighted by Crippen LogP contribution is 2.64. The second-order valence-electron chi connectivity index (χ2n) is 3.37. The molecule has 6 heteroatoms. The van der Waals surface area contributed by atoms with Crippen LogP contribution in [0, 0.1) is 0 Å². The van der Waals surface area contributed by atoms with Gasteiger partial charge in [0.1, 0.15) is 0 Å². The third kappa shape index (κ3) is 4.64. The molecule has 2 atom stereocenters. The quantitative estimate of drug-likeness (QED) is 0.532. The minimum Gasteiger partial charge on any atom is -0.322 e. The van der Waals surface area contributed by atoms with Gasteiger partial charge in [-0.05, 0) is 38.5 Å². The summed E-state index contributed by atoms with van der Waals surface area (Å²) < 4.78 is 11.3. The summed E-state index contributed by atoms with van der Waals surface area (Å²) in [6.45, 7) is 5.23. The van der Waals surface area contributed by atoms with Crippen molar-refractivity contribution in [2.45, 2.75) is 43.2 Å². The molecule has 0 saturated heterocycles. The van der Waals surface area contributed by atoms with Crippen LogP contribution < -0.4 is 0 Å². The maximum atomic E-state index is 5.63. The zero-order valence-corrected chi connectivity index (χ0v) is 13.3. The van der Waals surface area contributed by atoms with Crippen LogP contribution in [-0.2, 0) is 20.9 Å². The molecule has 1 rings (SSSR count). The average molecular weight is 333 g/mol. The molecule has 1 fully saturated rings. The van der Waals surface area contributed by atoms with E-state index < -0.39 is 5.69 Å². The summed E-state index contributed by atoms with van der Waals surface area (Å²) in [4.78, 5) is 0.575. The van der Waals surface area contributed by atoms with Crippen molar-refractivity contribution in [1.82, 2.24) is 0 Å². The lowest BCUT2D eigenvalue weighted by Gasteiger charge is -2.24. The van der Waals surface area contributed by atoms with Crippen molar-refractivity contribution in [1.29, 1.82) is 0 Å². The van der Waals surface area contributed by atoms with Crippen molar-refractivity contribution in [3.63, 3.8) is 0 Å². The Bertz CT molecular complexity index is 230. The predicted molar refractivity (Wildman–Crippen MR) is 75.5 cm³/mol. The summed E-state index contributed by atoms with van der Waals surface area (Å²) >= 11 is 10.9. The highest BCUT2D eigenvalue weighted by Gasteiger charge is 2.32. The standard InChI is InChI=1S/C9H18BrO2PS2/c1-3-11-13(14,12-4-2)15-9-7-5-6-8(9)10/h8-9H,3-7H2,1-2H3/t8-,9+/m1/s1. The van der Waals surface area contributed by atoms with Crippen molar-refractivity contribution in [2.24, 2.45) is 0 Å². The van der Waals surface area contributed by atoms with Crippen LogP contribution in [0.15, 0.2) is 0 Å². The lowest BCUT2D eigenvalue weighted by atomic mass is 10.4. The second kappa shape index (κ2) is 6.97. The molecular formula is C9H18BrO2PS2. The Hall–Kier alpha value is 1.40. The Balaban J connectivity index is 2.53. The number of alkyl halides is 1. The van der Waals surface area contributed by atoms with Gasteiger partial charge in [-0.15, -0.1) is 0 Å². The fourth-order valence-corrected chi connectivity index (χ4v) is 9.07. The monoisotopic (exact) mass is 332 g/mol. The molecule has 0 amide bonds. The Labute approximate surface area is 110 Å². The summed E-state index contributed by atoms with van der Waals surface area (Å²) in [5.74, 6) is 0. The zero-order chi connectivity index (χ0) is 11.3. The van der Waals surface area contributed by atoms with Crippen molar-refractivity contribution >= 4 is 44.8 Å². The fourth-order valence-electron chi connectivity index (χ4n) is 1.58. The van der Waals surface area contributed by atoms with Gasteiger partial charge in [-0.1, -0.05) is 33.7 Å². The molecule has 1 aliphatic rings. The summed E-state index contributed by atoms with van der Waals surface area (Å²) in [6.07, 6.45) is 3.74. The predicted octanol–water partition coefficient (Wildman–Crippen LogP) is 4.33. The van der Waals surface area contributed by atoms with Gasteiger partial charge >= 0.3 is 0 Å². The van der Waals surface area contributed by atoms with E-state index in [1.807, 2.05) is 13.8 Å². The lowest BCUT2D eigenvalue weighted by molar-refractivity contribution is 0.280. The Morgan fingerprint density at radius 2 is 1.93 bits per heavy atom. The van der Waals surface area contributed by atoms with Gasteiger partial charge in [0.25, 0.3) is 0 Å². The van der Waals surface area contributed by atoms with Crippen LogP contribution in [0.5, 0.6) is 0 Å². The van der Waals surface area contributed by atoms with Gasteiger partial charge in [0, 0.05) is 10.1 Å². The second-order valence-corrected chi connectivity index (χ2v) is 11.0. The van der Waals surface area contributed by atoms with Crippen molar-refractivity contribution < 1.29 is 9.05 Å². The van der Waals surface area contributed by atoms with E-state index in [2.05, 4.69) is 15.9 Å². The summed E-state index contributed by atoms with van der Waals surface area (Å²) in [5, 5.41) is 0.564. The van der Waals surface area contributed by atoms with Crippen LogP contribution >= 0.6 is 33.0 Å². The Morgan fingerprint density at radius 1 is 1.33 bits per heavy atom. The van der Waals surface area contributed by atoms with E-state index in [-0.39, 0.29) is 0 Å². The maximum Gasteiger partial charge on any atom is 0.247 e. The van der Waals surface area contributed by atoms with Crippen LogP contribution in [0.4, 0.5) is 0 Å². The van der Waals surface area contributed by atoms with Crippen molar-refractivity contribution in [2.75, 3.05) is 13.2 Å². The van der Waals surface area contributed by atoms with Gasteiger partial charge in [-0.2, -0.15) is 0 Å². The van der Waals surface area contributed by atoms with Gasteiger partial charge in [-0.25, -0.2) is 0 Å². The topological polar surface area (TPSA) is 18.5 Å². The van der Waals surface area contributed by atoms with E-state index >= 15 is 0 Å². The molecule has 0 unspecified atom stereocenters. The smallest absolute Gasteiger partial charge is 0.247 e. The molecule has 0 radical (unpaired) electrons. The molecule has 0 N–H and O–H groups in total. The molecule has 0 heterocycles. The highest BCUT2D eigenvalue weighted by atomic mass is 79.9.